The van der Waals surface area contributed by atoms with E-state index in [0.29, 0.717) is 34.0 Å². The van der Waals surface area contributed by atoms with Gasteiger partial charge in [-0.25, -0.2) is 4.79 Å². The van der Waals surface area contributed by atoms with Crippen LogP contribution in [0.2, 0.25) is 0 Å². The molecule has 1 atom stereocenters. The van der Waals surface area contributed by atoms with Crippen molar-refractivity contribution in [3.63, 3.8) is 0 Å². The van der Waals surface area contributed by atoms with Crippen LogP contribution in [0, 0.1) is 13.8 Å². The largest absolute Gasteiger partial charge is 0.497 e. The Kier molecular flexibility index (Phi) is 5.77. The van der Waals surface area contributed by atoms with Crippen LogP contribution in [0.3, 0.4) is 0 Å². The lowest BCUT2D eigenvalue weighted by molar-refractivity contribution is -0.113. The summed E-state index contributed by atoms with van der Waals surface area (Å²) in [5, 5.41) is 8.45. The summed E-state index contributed by atoms with van der Waals surface area (Å²) in [7, 11) is 3.10. The van der Waals surface area contributed by atoms with Crippen LogP contribution in [-0.4, -0.2) is 26.2 Å². The summed E-state index contributed by atoms with van der Waals surface area (Å²) in [6, 6.07) is 10.0. The predicted molar refractivity (Wildman–Crippen MR) is 111 cm³/mol. The fourth-order valence-corrected chi connectivity index (χ4v) is 3.54. The lowest BCUT2D eigenvalue weighted by atomic mass is 9.93. The van der Waals surface area contributed by atoms with Gasteiger partial charge in [-0.1, -0.05) is 6.07 Å². The molecular weight excluding hydrogens is 370 g/mol. The smallest absolute Gasteiger partial charge is 0.319 e. The number of hydrogen-bond donors (Lipinski definition) is 3. The molecule has 0 spiro atoms. The van der Waals surface area contributed by atoms with Crippen LogP contribution >= 0.6 is 0 Å². The minimum Gasteiger partial charge on any atom is -0.497 e. The zero-order valence-corrected chi connectivity index (χ0v) is 17.2. The zero-order chi connectivity index (χ0) is 21.1. The van der Waals surface area contributed by atoms with Crippen LogP contribution in [0.5, 0.6) is 11.5 Å². The van der Waals surface area contributed by atoms with Crippen LogP contribution in [0.25, 0.3) is 0 Å². The molecule has 0 fully saturated rings. The van der Waals surface area contributed by atoms with Gasteiger partial charge in [-0.2, -0.15) is 0 Å². The molecule has 0 radical (unpaired) electrons. The third-order valence-corrected chi connectivity index (χ3v) is 4.74. The molecule has 29 heavy (non-hydrogen) atoms. The number of rotatable bonds is 5. The van der Waals surface area contributed by atoms with Gasteiger partial charge in [0.05, 0.1) is 25.8 Å². The summed E-state index contributed by atoms with van der Waals surface area (Å²) in [6.07, 6.45) is 0. The Balaban J connectivity index is 2.03. The Hall–Kier alpha value is -3.48. The van der Waals surface area contributed by atoms with Gasteiger partial charge in [-0.05, 0) is 62.2 Å². The second kappa shape index (κ2) is 8.26. The van der Waals surface area contributed by atoms with Gasteiger partial charge in [0.2, 0.25) is 0 Å². The standard InChI is InChI=1S/C22H25N3O4/c1-12-8-13(2)10-15(9-12)24-21(26)19-14(3)23-22(27)25-20(19)17-11-16(28-4)6-7-18(17)29-5/h6-11,20H,1-5H3,(H,24,26)(H2,23,25,27)/t20-/m0/s1. The fourth-order valence-electron chi connectivity index (χ4n) is 3.54. The second-order valence-electron chi connectivity index (χ2n) is 7.01. The third-order valence-electron chi connectivity index (χ3n) is 4.74. The molecule has 3 rings (SSSR count). The Labute approximate surface area is 170 Å². The van der Waals surface area contributed by atoms with E-state index in [-0.39, 0.29) is 11.9 Å². The monoisotopic (exact) mass is 395 g/mol. The van der Waals surface area contributed by atoms with E-state index in [4.69, 9.17) is 9.47 Å². The Morgan fingerprint density at radius 3 is 2.31 bits per heavy atom. The van der Waals surface area contributed by atoms with Crippen LogP contribution < -0.4 is 25.4 Å². The molecule has 1 aliphatic heterocycles. The Morgan fingerprint density at radius 2 is 1.69 bits per heavy atom. The molecule has 2 aromatic carbocycles. The maximum absolute atomic E-state index is 13.2. The lowest BCUT2D eigenvalue weighted by Gasteiger charge is -2.29. The van der Waals surface area contributed by atoms with Crippen molar-refractivity contribution in [2.24, 2.45) is 0 Å². The number of hydrogen-bond acceptors (Lipinski definition) is 4. The second-order valence-corrected chi connectivity index (χ2v) is 7.01. The molecule has 3 amide bonds. The number of anilines is 1. The summed E-state index contributed by atoms with van der Waals surface area (Å²) in [4.78, 5) is 25.4. The number of carbonyl (C=O) groups excluding carboxylic acids is 2. The molecule has 7 nitrogen and oxygen atoms in total. The number of benzene rings is 2. The first-order valence-corrected chi connectivity index (χ1v) is 9.22. The number of allylic oxidation sites excluding steroid dienone is 1. The lowest BCUT2D eigenvalue weighted by Crippen LogP contribution is -2.46. The van der Waals surface area contributed by atoms with Gasteiger partial charge >= 0.3 is 6.03 Å². The number of urea groups is 1. The van der Waals surface area contributed by atoms with Crippen molar-refractivity contribution < 1.29 is 19.1 Å². The van der Waals surface area contributed by atoms with Crippen molar-refractivity contribution in [3.05, 3.63) is 64.4 Å². The van der Waals surface area contributed by atoms with E-state index in [1.807, 2.05) is 32.0 Å². The number of amides is 3. The van der Waals surface area contributed by atoms with E-state index < -0.39 is 6.04 Å². The molecular formula is C22H25N3O4. The highest BCUT2D eigenvalue weighted by atomic mass is 16.5. The van der Waals surface area contributed by atoms with Gasteiger partial charge in [-0.15, -0.1) is 0 Å². The molecule has 0 saturated heterocycles. The normalized spacial score (nSPS) is 16.0. The van der Waals surface area contributed by atoms with Gasteiger partial charge in [0, 0.05) is 16.9 Å². The minimum absolute atomic E-state index is 0.310. The third kappa shape index (κ3) is 4.34. The van der Waals surface area contributed by atoms with Crippen molar-refractivity contribution in [3.8, 4) is 11.5 Å². The summed E-state index contributed by atoms with van der Waals surface area (Å²) >= 11 is 0. The van der Waals surface area contributed by atoms with Crippen molar-refractivity contribution >= 4 is 17.6 Å². The van der Waals surface area contributed by atoms with Crippen molar-refractivity contribution in [2.45, 2.75) is 26.8 Å². The van der Waals surface area contributed by atoms with Gasteiger partial charge < -0.3 is 25.4 Å². The van der Waals surface area contributed by atoms with E-state index in [0.717, 1.165) is 11.1 Å². The summed E-state index contributed by atoms with van der Waals surface area (Å²) in [5.41, 5.74) is 4.30. The maximum Gasteiger partial charge on any atom is 0.319 e. The number of methoxy groups -OCH3 is 2. The van der Waals surface area contributed by atoms with Gasteiger partial charge in [0.1, 0.15) is 11.5 Å². The minimum atomic E-state index is -0.695. The van der Waals surface area contributed by atoms with Crippen LogP contribution in [0.1, 0.15) is 29.7 Å². The highest BCUT2D eigenvalue weighted by molar-refractivity contribution is 6.07. The SMILES string of the molecule is COc1ccc(OC)c([C@@H]2NC(=O)NC(C)=C2C(=O)Nc2cc(C)cc(C)c2)c1. The molecule has 152 valence electrons. The topological polar surface area (TPSA) is 88.7 Å². The van der Waals surface area contributed by atoms with Crippen LogP contribution in [-0.2, 0) is 4.79 Å². The van der Waals surface area contributed by atoms with Gasteiger partial charge in [0.25, 0.3) is 5.91 Å². The molecule has 0 aliphatic carbocycles. The highest BCUT2D eigenvalue weighted by Gasteiger charge is 2.33. The highest BCUT2D eigenvalue weighted by Crippen LogP contribution is 2.36. The van der Waals surface area contributed by atoms with E-state index in [2.05, 4.69) is 16.0 Å². The first kappa shape index (κ1) is 20.3. The zero-order valence-electron chi connectivity index (χ0n) is 17.2. The molecule has 0 unspecified atom stereocenters. The molecule has 0 saturated carbocycles. The summed E-state index contributed by atoms with van der Waals surface area (Å²) in [5.74, 6) is 0.831. The van der Waals surface area contributed by atoms with E-state index >= 15 is 0 Å². The van der Waals surface area contributed by atoms with Crippen molar-refractivity contribution in [1.29, 1.82) is 0 Å². The molecule has 3 N–H and O–H groups in total. The number of aryl methyl sites for hydroxylation is 2. The molecule has 0 aromatic heterocycles. The van der Waals surface area contributed by atoms with Crippen LogP contribution in [0.4, 0.5) is 10.5 Å². The van der Waals surface area contributed by atoms with Gasteiger partial charge in [0.15, 0.2) is 0 Å². The molecule has 1 aliphatic rings. The number of carbonyl (C=O) groups is 2. The van der Waals surface area contributed by atoms with Crippen LogP contribution in [0.15, 0.2) is 47.7 Å². The van der Waals surface area contributed by atoms with E-state index in [9.17, 15) is 9.59 Å². The van der Waals surface area contributed by atoms with Crippen molar-refractivity contribution in [2.75, 3.05) is 19.5 Å². The quantitative estimate of drug-likeness (QED) is 0.722. The Bertz CT molecular complexity index is 977. The first-order valence-electron chi connectivity index (χ1n) is 9.22. The van der Waals surface area contributed by atoms with Crippen molar-refractivity contribution in [1.82, 2.24) is 10.6 Å². The molecule has 2 aromatic rings. The Morgan fingerprint density at radius 1 is 1.00 bits per heavy atom. The summed E-state index contributed by atoms with van der Waals surface area (Å²) in [6.45, 7) is 5.65. The number of nitrogens with one attached hydrogen (secondary N) is 3. The molecule has 0 bridgehead atoms. The molecule has 1 heterocycles. The fraction of sp³-hybridized carbons (Fsp3) is 0.273. The predicted octanol–water partition coefficient (Wildman–Crippen LogP) is 3.59. The number of ether oxygens (including phenoxy) is 2. The summed E-state index contributed by atoms with van der Waals surface area (Å²) < 4.78 is 10.8. The average Bonchev–Trinajstić information content (AvgIpc) is 2.65. The maximum atomic E-state index is 13.2. The first-order chi connectivity index (χ1) is 13.8. The van der Waals surface area contributed by atoms with Gasteiger partial charge in [-0.3, -0.25) is 4.79 Å². The van der Waals surface area contributed by atoms with E-state index in [1.54, 1.807) is 39.3 Å². The molecule has 7 heteroatoms. The van der Waals surface area contributed by atoms with E-state index in [1.165, 1.54) is 0 Å². The average molecular weight is 395 g/mol.